The van der Waals surface area contributed by atoms with Crippen molar-refractivity contribution < 1.29 is 0 Å². The Morgan fingerprint density at radius 2 is 1.29 bits per heavy atom. The van der Waals surface area contributed by atoms with Gasteiger partial charge in [0.2, 0.25) is 0 Å². The molecule has 1 spiro atoms. The maximum atomic E-state index is 3.81. The summed E-state index contributed by atoms with van der Waals surface area (Å²) in [6.45, 7) is 4.14. The molecule has 3 aromatic rings. The summed E-state index contributed by atoms with van der Waals surface area (Å²) >= 11 is 0. The van der Waals surface area contributed by atoms with Gasteiger partial charge >= 0.3 is 0 Å². The van der Waals surface area contributed by atoms with Crippen molar-refractivity contribution in [1.82, 2.24) is 15.6 Å². The molecular weight excluding hydrogens is 380 g/mol. The first-order valence-corrected chi connectivity index (χ1v) is 11.5. The van der Waals surface area contributed by atoms with Crippen LogP contribution in [0.25, 0.3) is 0 Å². The Morgan fingerprint density at radius 1 is 0.742 bits per heavy atom. The van der Waals surface area contributed by atoms with Gasteiger partial charge in [-0.3, -0.25) is 5.01 Å². The van der Waals surface area contributed by atoms with Gasteiger partial charge in [-0.2, -0.15) is 0 Å². The summed E-state index contributed by atoms with van der Waals surface area (Å²) in [5, 5.41) is 12.6. The van der Waals surface area contributed by atoms with Gasteiger partial charge in [0.15, 0.2) is 0 Å². The van der Waals surface area contributed by atoms with E-state index in [-0.39, 0.29) is 5.54 Å². The van der Waals surface area contributed by atoms with Crippen LogP contribution in [-0.2, 0) is 6.42 Å². The molecule has 4 nitrogen and oxygen atoms in total. The smallest absolute Gasteiger partial charge is 0.0580 e. The van der Waals surface area contributed by atoms with Crippen molar-refractivity contribution in [1.29, 1.82) is 0 Å². The molecule has 0 aliphatic carbocycles. The Balaban J connectivity index is 1.61. The van der Waals surface area contributed by atoms with Gasteiger partial charge in [-0.1, -0.05) is 66.7 Å². The Labute approximate surface area is 185 Å². The molecule has 0 saturated carbocycles. The van der Waals surface area contributed by atoms with Crippen LogP contribution < -0.4 is 15.6 Å². The Morgan fingerprint density at radius 3 is 1.87 bits per heavy atom. The lowest BCUT2D eigenvalue weighted by atomic mass is 9.83. The monoisotopic (exact) mass is 412 g/mol. The third-order valence-corrected chi connectivity index (χ3v) is 6.73. The predicted octanol–water partition coefficient (Wildman–Crippen LogP) is 4.38. The number of hydrogen-bond donors (Lipinski definition) is 2. The average molecular weight is 413 g/mol. The third-order valence-electron chi connectivity index (χ3n) is 6.73. The van der Waals surface area contributed by atoms with Crippen LogP contribution in [-0.4, -0.2) is 42.8 Å². The van der Waals surface area contributed by atoms with Crippen molar-refractivity contribution in [3.05, 3.63) is 96.6 Å². The fraction of sp³-hybridized carbons (Fsp3) is 0.333. The van der Waals surface area contributed by atoms with Gasteiger partial charge in [-0.25, -0.2) is 5.01 Å². The average Bonchev–Trinajstić information content (AvgIpc) is 2.84. The standard InChI is InChI=1S/C27H32N4/c1-4-10-23(11-5-1)20-26-21-29-22-27(16-18-28-19-17-27)31(26)30(24-12-6-2-7-13-24)25-14-8-3-9-15-25/h1-15,26,28-29H,16-22H2. The van der Waals surface area contributed by atoms with E-state index in [2.05, 4.69) is 112 Å². The van der Waals surface area contributed by atoms with E-state index in [9.17, 15) is 0 Å². The molecule has 5 rings (SSSR count). The largest absolute Gasteiger partial charge is 0.317 e. The second-order valence-electron chi connectivity index (χ2n) is 8.78. The lowest BCUT2D eigenvalue weighted by molar-refractivity contribution is -0.00917. The Bertz CT molecular complexity index is 894. The highest BCUT2D eigenvalue weighted by Crippen LogP contribution is 2.39. The van der Waals surface area contributed by atoms with E-state index in [0.717, 1.165) is 45.4 Å². The van der Waals surface area contributed by atoms with Crippen molar-refractivity contribution in [2.24, 2.45) is 0 Å². The topological polar surface area (TPSA) is 30.5 Å². The molecule has 2 N–H and O–H groups in total. The molecule has 160 valence electrons. The van der Waals surface area contributed by atoms with Crippen LogP contribution in [0.5, 0.6) is 0 Å². The van der Waals surface area contributed by atoms with E-state index < -0.39 is 0 Å². The van der Waals surface area contributed by atoms with Gasteiger partial charge in [0.05, 0.1) is 16.9 Å². The van der Waals surface area contributed by atoms with E-state index in [0.29, 0.717) is 6.04 Å². The zero-order valence-corrected chi connectivity index (χ0v) is 18.1. The van der Waals surface area contributed by atoms with E-state index in [1.165, 1.54) is 16.9 Å². The molecular formula is C27H32N4. The van der Waals surface area contributed by atoms with Crippen LogP contribution >= 0.6 is 0 Å². The van der Waals surface area contributed by atoms with Crippen LogP contribution in [0.3, 0.4) is 0 Å². The summed E-state index contributed by atoms with van der Waals surface area (Å²) in [6.07, 6.45) is 3.31. The molecule has 1 atom stereocenters. The first kappa shape index (κ1) is 20.3. The lowest BCUT2D eigenvalue weighted by Gasteiger charge is -2.57. The van der Waals surface area contributed by atoms with Crippen LogP contribution in [0.2, 0.25) is 0 Å². The van der Waals surface area contributed by atoms with Gasteiger partial charge in [0.1, 0.15) is 0 Å². The van der Waals surface area contributed by atoms with E-state index in [4.69, 9.17) is 0 Å². The summed E-state index contributed by atoms with van der Waals surface area (Å²) < 4.78 is 0. The molecule has 2 saturated heterocycles. The predicted molar refractivity (Wildman–Crippen MR) is 129 cm³/mol. The van der Waals surface area contributed by atoms with Crippen molar-refractivity contribution >= 4 is 11.4 Å². The molecule has 2 aliphatic rings. The number of hydrazine groups is 1. The summed E-state index contributed by atoms with van der Waals surface area (Å²) in [5.74, 6) is 0. The molecule has 2 aliphatic heterocycles. The minimum absolute atomic E-state index is 0.0919. The summed E-state index contributed by atoms with van der Waals surface area (Å²) in [5.41, 5.74) is 3.94. The highest BCUT2D eigenvalue weighted by Gasteiger charge is 2.47. The molecule has 2 fully saturated rings. The molecule has 3 aromatic carbocycles. The zero-order chi connectivity index (χ0) is 20.9. The second-order valence-corrected chi connectivity index (χ2v) is 8.78. The van der Waals surface area contributed by atoms with Gasteiger partial charge < -0.3 is 10.6 Å². The molecule has 0 aromatic heterocycles. The number of rotatable bonds is 5. The molecule has 1 unspecified atom stereocenters. The number of anilines is 2. The summed E-state index contributed by atoms with van der Waals surface area (Å²) in [7, 11) is 0. The summed E-state index contributed by atoms with van der Waals surface area (Å²) in [6, 6.07) is 33.1. The highest BCUT2D eigenvalue weighted by molar-refractivity contribution is 5.62. The van der Waals surface area contributed by atoms with E-state index in [1.807, 2.05) is 0 Å². The van der Waals surface area contributed by atoms with Gasteiger partial charge in [-0.15, -0.1) is 0 Å². The number of piperazine rings is 1. The zero-order valence-electron chi connectivity index (χ0n) is 18.1. The fourth-order valence-electron chi connectivity index (χ4n) is 5.28. The summed E-state index contributed by atoms with van der Waals surface area (Å²) in [4.78, 5) is 0. The number of hydrogen-bond acceptors (Lipinski definition) is 4. The van der Waals surface area contributed by atoms with Gasteiger partial charge in [0, 0.05) is 19.1 Å². The molecule has 2 heterocycles. The first-order valence-electron chi connectivity index (χ1n) is 11.5. The van der Waals surface area contributed by atoms with Crippen LogP contribution in [0.1, 0.15) is 18.4 Å². The second kappa shape index (κ2) is 9.23. The Kier molecular flexibility index (Phi) is 6.03. The normalized spacial score (nSPS) is 21.1. The minimum Gasteiger partial charge on any atom is -0.317 e. The van der Waals surface area contributed by atoms with Crippen LogP contribution in [0, 0.1) is 0 Å². The number of nitrogens with zero attached hydrogens (tertiary/aromatic N) is 2. The molecule has 0 radical (unpaired) electrons. The van der Waals surface area contributed by atoms with Crippen LogP contribution in [0.4, 0.5) is 11.4 Å². The lowest BCUT2D eigenvalue weighted by Crippen LogP contribution is -2.72. The SMILES string of the molecule is c1ccc(CC2CNCC3(CCNCC3)N2N(c2ccccc2)c2ccccc2)cc1. The van der Waals surface area contributed by atoms with Gasteiger partial charge in [-0.05, 0) is 62.2 Å². The van der Waals surface area contributed by atoms with E-state index >= 15 is 0 Å². The number of piperidine rings is 1. The van der Waals surface area contributed by atoms with Crippen molar-refractivity contribution in [2.45, 2.75) is 30.8 Å². The first-order chi connectivity index (χ1) is 15.4. The maximum Gasteiger partial charge on any atom is 0.0580 e. The molecule has 4 heteroatoms. The number of para-hydroxylation sites is 2. The van der Waals surface area contributed by atoms with Crippen molar-refractivity contribution in [2.75, 3.05) is 31.2 Å². The quantitative estimate of drug-likeness (QED) is 0.651. The third kappa shape index (κ3) is 4.24. The number of nitrogens with one attached hydrogen (secondary N) is 2. The molecule has 31 heavy (non-hydrogen) atoms. The molecule has 0 amide bonds. The van der Waals surface area contributed by atoms with Crippen molar-refractivity contribution in [3.8, 4) is 0 Å². The fourth-order valence-corrected chi connectivity index (χ4v) is 5.28. The maximum absolute atomic E-state index is 3.81. The van der Waals surface area contributed by atoms with Crippen LogP contribution in [0.15, 0.2) is 91.0 Å². The molecule has 0 bridgehead atoms. The van der Waals surface area contributed by atoms with Crippen molar-refractivity contribution in [3.63, 3.8) is 0 Å². The number of benzene rings is 3. The van der Waals surface area contributed by atoms with Gasteiger partial charge in [0.25, 0.3) is 0 Å². The highest BCUT2D eigenvalue weighted by atomic mass is 15.7. The van der Waals surface area contributed by atoms with E-state index in [1.54, 1.807) is 0 Å². The Hall–Kier alpha value is -2.66. The minimum atomic E-state index is 0.0919.